The number of pyridine rings is 1. The molecule has 0 atom stereocenters. The number of azo groups is 1. The molecule has 1 amide bonds. The van der Waals surface area contributed by atoms with E-state index in [-0.39, 0.29) is 11.6 Å². The molecule has 0 aliphatic carbocycles. The number of rotatable bonds is 3. The topological polar surface area (TPSA) is 104 Å². The maximum Gasteiger partial charge on any atom is 0.296 e. The summed E-state index contributed by atoms with van der Waals surface area (Å²) >= 11 is 0. The third-order valence-electron chi connectivity index (χ3n) is 4.96. The number of nitrogens with zero attached hydrogens (tertiary/aromatic N) is 3. The second-order valence-corrected chi connectivity index (χ2v) is 6.87. The van der Waals surface area contributed by atoms with Crippen LogP contribution >= 0.6 is 0 Å². The van der Waals surface area contributed by atoms with E-state index in [4.69, 9.17) is 4.42 Å². The molecule has 3 heterocycles. The van der Waals surface area contributed by atoms with Crippen molar-refractivity contribution in [3.05, 3.63) is 78.1 Å². The van der Waals surface area contributed by atoms with Crippen LogP contribution in [0, 0.1) is 6.92 Å². The van der Waals surface area contributed by atoms with Gasteiger partial charge in [0.1, 0.15) is 5.69 Å². The van der Waals surface area contributed by atoms with Gasteiger partial charge in [0.25, 0.3) is 5.91 Å². The van der Waals surface area contributed by atoms with Gasteiger partial charge in [-0.1, -0.05) is 36.4 Å². The summed E-state index contributed by atoms with van der Waals surface area (Å²) in [6.07, 6.45) is 1.55. The third-order valence-corrected chi connectivity index (χ3v) is 4.96. The highest BCUT2D eigenvalue weighted by molar-refractivity contribution is 6.07. The number of carbonyl (C=O) groups excluding carboxylic acids is 1. The van der Waals surface area contributed by atoms with E-state index in [2.05, 4.69) is 20.2 Å². The number of aromatic hydroxyl groups is 1. The fourth-order valence-corrected chi connectivity index (χ4v) is 3.49. The van der Waals surface area contributed by atoms with Crippen molar-refractivity contribution in [2.45, 2.75) is 6.92 Å². The van der Waals surface area contributed by atoms with Gasteiger partial charge in [-0.05, 0) is 36.8 Å². The number of carbonyl (C=O) groups is 1. The summed E-state index contributed by atoms with van der Waals surface area (Å²) in [7, 11) is 0. The minimum atomic E-state index is -0.539. The summed E-state index contributed by atoms with van der Waals surface area (Å²) in [5.74, 6) is -0.119. The lowest BCUT2D eigenvalue weighted by atomic mass is 10.1. The molecule has 0 saturated heterocycles. The van der Waals surface area contributed by atoms with Gasteiger partial charge < -0.3 is 14.5 Å². The van der Waals surface area contributed by atoms with Crippen LogP contribution in [0.2, 0.25) is 0 Å². The molecule has 0 saturated carbocycles. The fraction of sp³-hybridized carbons (Fsp3) is 0.0435. The van der Waals surface area contributed by atoms with Crippen LogP contribution in [-0.4, -0.2) is 21.0 Å². The first-order valence-electron chi connectivity index (χ1n) is 9.32. The number of aromatic amines is 1. The second kappa shape index (κ2) is 6.97. The van der Waals surface area contributed by atoms with Gasteiger partial charge in [0.15, 0.2) is 11.4 Å². The number of hydrogen-bond acceptors (Lipinski definition) is 5. The lowest BCUT2D eigenvalue weighted by Gasteiger charge is -2.05. The smallest absolute Gasteiger partial charge is 0.296 e. The predicted octanol–water partition coefficient (Wildman–Crippen LogP) is 5.91. The molecule has 2 N–H and O–H groups in total. The van der Waals surface area contributed by atoms with E-state index in [1.165, 1.54) is 0 Å². The van der Waals surface area contributed by atoms with Crippen molar-refractivity contribution in [1.82, 2.24) is 9.97 Å². The largest absolute Gasteiger partial charge is 0.493 e. The molecular formula is C23H16N4O3. The zero-order valence-corrected chi connectivity index (χ0v) is 16.0. The molecular weight excluding hydrogens is 380 g/mol. The Bertz CT molecular complexity index is 1430. The summed E-state index contributed by atoms with van der Waals surface area (Å²) in [6, 6.07) is 18.1. The molecule has 146 valence electrons. The maximum absolute atomic E-state index is 13.0. The Morgan fingerprint density at radius 1 is 1.07 bits per heavy atom. The molecule has 0 spiro atoms. The molecule has 5 rings (SSSR count). The number of H-pyrrole nitrogens is 1. The van der Waals surface area contributed by atoms with Crippen LogP contribution in [0.3, 0.4) is 0 Å². The summed E-state index contributed by atoms with van der Waals surface area (Å²) in [5, 5.41) is 19.6. The average molecular weight is 396 g/mol. The number of benzene rings is 2. The van der Waals surface area contributed by atoms with E-state index in [1.807, 2.05) is 49.4 Å². The molecule has 7 nitrogen and oxygen atoms in total. The number of aromatic nitrogens is 2. The Morgan fingerprint density at radius 3 is 2.73 bits per heavy atom. The second-order valence-electron chi connectivity index (χ2n) is 6.87. The maximum atomic E-state index is 13.0. The van der Waals surface area contributed by atoms with Crippen LogP contribution in [0.15, 0.2) is 81.6 Å². The lowest BCUT2D eigenvalue weighted by Crippen LogP contribution is -1.98. The molecule has 5 aromatic rings. The Morgan fingerprint density at radius 2 is 1.90 bits per heavy atom. The number of hydrogen-bond donors (Lipinski definition) is 2. The monoisotopic (exact) mass is 396 g/mol. The van der Waals surface area contributed by atoms with Crippen LogP contribution in [-0.2, 0) is 0 Å². The van der Waals surface area contributed by atoms with Gasteiger partial charge in [0.05, 0.1) is 22.9 Å². The Balaban J connectivity index is 1.60. The fourth-order valence-electron chi connectivity index (χ4n) is 3.49. The van der Waals surface area contributed by atoms with Crippen molar-refractivity contribution in [2.75, 3.05) is 0 Å². The zero-order chi connectivity index (χ0) is 20.7. The van der Waals surface area contributed by atoms with Crippen molar-refractivity contribution in [3.8, 4) is 17.3 Å². The van der Waals surface area contributed by atoms with Gasteiger partial charge in [-0.25, -0.2) is 4.98 Å². The van der Waals surface area contributed by atoms with Crippen molar-refractivity contribution in [3.63, 3.8) is 0 Å². The van der Waals surface area contributed by atoms with Crippen molar-refractivity contribution < 1.29 is 14.3 Å². The molecule has 0 fully saturated rings. The minimum Gasteiger partial charge on any atom is -0.493 e. The molecule has 0 bridgehead atoms. The highest BCUT2D eigenvalue weighted by Gasteiger charge is 2.16. The Labute approximate surface area is 170 Å². The Kier molecular flexibility index (Phi) is 4.14. The lowest BCUT2D eigenvalue weighted by molar-refractivity contribution is 0.0996. The number of aryl methyl sites for hydroxylation is 1. The van der Waals surface area contributed by atoms with E-state index in [0.717, 1.165) is 11.1 Å². The van der Waals surface area contributed by atoms with Gasteiger partial charge in [-0.3, -0.25) is 4.79 Å². The molecule has 0 aliphatic heterocycles. The molecule has 0 radical (unpaired) electrons. The minimum absolute atomic E-state index is 0.133. The highest BCUT2D eigenvalue weighted by atomic mass is 16.3. The Hall–Kier alpha value is -4.26. The number of furan rings is 1. The molecule has 2 aromatic carbocycles. The molecule has 3 aromatic heterocycles. The summed E-state index contributed by atoms with van der Waals surface area (Å²) < 4.78 is 5.43. The molecule has 0 aliphatic rings. The van der Waals surface area contributed by atoms with Crippen molar-refractivity contribution >= 4 is 33.4 Å². The van der Waals surface area contributed by atoms with Crippen LogP contribution in [0.1, 0.15) is 15.9 Å². The molecule has 30 heavy (non-hydrogen) atoms. The molecule has 0 unspecified atom stereocenters. The number of para-hydroxylation sites is 2. The van der Waals surface area contributed by atoms with Gasteiger partial charge >= 0.3 is 0 Å². The zero-order valence-electron chi connectivity index (χ0n) is 16.0. The van der Waals surface area contributed by atoms with E-state index in [1.54, 1.807) is 24.5 Å². The van der Waals surface area contributed by atoms with E-state index >= 15 is 0 Å². The third kappa shape index (κ3) is 2.93. The van der Waals surface area contributed by atoms with Gasteiger partial charge in [0.2, 0.25) is 5.88 Å². The first kappa shape index (κ1) is 17.8. The van der Waals surface area contributed by atoms with E-state index < -0.39 is 5.91 Å². The first-order chi connectivity index (χ1) is 14.6. The summed E-state index contributed by atoms with van der Waals surface area (Å²) in [6.45, 7) is 1.92. The quantitative estimate of drug-likeness (QED) is 0.370. The van der Waals surface area contributed by atoms with Gasteiger partial charge in [-0.2, -0.15) is 0 Å². The normalized spacial score (nSPS) is 11.6. The molecule has 7 heteroatoms. The number of amides is 1. The van der Waals surface area contributed by atoms with E-state index in [0.29, 0.717) is 33.3 Å². The summed E-state index contributed by atoms with van der Waals surface area (Å²) in [5.41, 5.74) is 3.47. The standard InChI is InChI=1S/C23H16N4O3/c1-13-6-4-8-15-20(13)25-23(29)21(15)26-27-22(28)16-12-18(19-10-5-11-30-19)24-17-9-3-2-7-14(16)17/h2-12,25,29H,1H3. The SMILES string of the molecule is Cc1cccc2c(N=NC(=O)c3cc(-c4ccco4)nc4ccccc34)c(O)[nH]c12. The van der Waals surface area contributed by atoms with Crippen LogP contribution < -0.4 is 0 Å². The van der Waals surface area contributed by atoms with Gasteiger partial charge in [-0.15, -0.1) is 10.2 Å². The van der Waals surface area contributed by atoms with Crippen molar-refractivity contribution in [2.24, 2.45) is 10.2 Å². The van der Waals surface area contributed by atoms with Crippen molar-refractivity contribution in [1.29, 1.82) is 0 Å². The highest BCUT2D eigenvalue weighted by Crippen LogP contribution is 2.37. The van der Waals surface area contributed by atoms with E-state index in [9.17, 15) is 9.90 Å². The van der Waals surface area contributed by atoms with Crippen LogP contribution in [0.5, 0.6) is 5.88 Å². The van der Waals surface area contributed by atoms with Crippen LogP contribution in [0.25, 0.3) is 33.3 Å². The van der Waals surface area contributed by atoms with Crippen LogP contribution in [0.4, 0.5) is 5.69 Å². The van der Waals surface area contributed by atoms with Gasteiger partial charge in [0, 0.05) is 10.8 Å². The summed E-state index contributed by atoms with van der Waals surface area (Å²) in [4.78, 5) is 20.4. The number of fused-ring (bicyclic) bond motifs is 2. The average Bonchev–Trinajstić information content (AvgIpc) is 3.40. The number of nitrogens with one attached hydrogen (secondary N) is 1. The first-order valence-corrected chi connectivity index (χ1v) is 9.32. The predicted molar refractivity (Wildman–Crippen MR) is 113 cm³/mol.